The van der Waals surface area contributed by atoms with Crippen molar-refractivity contribution in [3.8, 4) is 5.69 Å². The van der Waals surface area contributed by atoms with E-state index >= 15 is 0 Å². The molecule has 0 radical (unpaired) electrons. The van der Waals surface area contributed by atoms with Crippen LogP contribution in [0.2, 0.25) is 0 Å². The van der Waals surface area contributed by atoms with Gasteiger partial charge in [0.15, 0.2) is 0 Å². The molecular weight excluding hydrogens is 254 g/mol. The summed E-state index contributed by atoms with van der Waals surface area (Å²) in [6, 6.07) is 5.40. The average molecular weight is 271 g/mol. The average Bonchev–Trinajstić information content (AvgIpc) is 3.19. The van der Waals surface area contributed by atoms with E-state index in [1.54, 1.807) is 29.2 Å². The summed E-state index contributed by atoms with van der Waals surface area (Å²) in [5, 5.41) is 6.97. The third kappa shape index (κ3) is 2.85. The molecule has 1 aliphatic carbocycles. The number of nitrogens with zero attached hydrogens (tertiary/aromatic N) is 3. The van der Waals surface area contributed by atoms with Gasteiger partial charge in [0.05, 0.1) is 5.69 Å². The van der Waals surface area contributed by atoms with Crippen molar-refractivity contribution >= 4 is 5.91 Å². The molecule has 0 aromatic carbocycles. The van der Waals surface area contributed by atoms with Crippen LogP contribution in [0.15, 0.2) is 36.8 Å². The quantitative estimate of drug-likeness (QED) is 0.839. The number of nitrogens with two attached hydrogens (primary N) is 1. The first-order valence-electron chi connectivity index (χ1n) is 6.74. The molecule has 2 aromatic heterocycles. The molecule has 1 unspecified atom stereocenters. The molecular formula is C14H17N5O. The molecule has 104 valence electrons. The predicted octanol–water partition coefficient (Wildman–Crippen LogP) is 0.734. The van der Waals surface area contributed by atoms with E-state index in [0.717, 1.165) is 5.69 Å². The van der Waals surface area contributed by atoms with Crippen molar-refractivity contribution in [2.45, 2.75) is 18.9 Å². The predicted molar refractivity (Wildman–Crippen MR) is 74.4 cm³/mol. The Morgan fingerprint density at radius 2 is 2.35 bits per heavy atom. The van der Waals surface area contributed by atoms with Gasteiger partial charge in [0.25, 0.3) is 5.91 Å². The fourth-order valence-electron chi connectivity index (χ4n) is 2.10. The van der Waals surface area contributed by atoms with Crippen LogP contribution in [0, 0.1) is 5.92 Å². The zero-order chi connectivity index (χ0) is 13.9. The topological polar surface area (TPSA) is 85.8 Å². The minimum absolute atomic E-state index is 0.0493. The molecule has 0 spiro atoms. The Labute approximate surface area is 117 Å². The van der Waals surface area contributed by atoms with E-state index in [4.69, 9.17) is 5.73 Å². The van der Waals surface area contributed by atoms with E-state index in [1.165, 1.54) is 12.8 Å². The smallest absolute Gasteiger partial charge is 0.270 e. The van der Waals surface area contributed by atoms with Gasteiger partial charge in [0.1, 0.15) is 5.69 Å². The molecule has 1 aliphatic rings. The lowest BCUT2D eigenvalue weighted by atomic mass is 10.2. The number of rotatable bonds is 5. The largest absolute Gasteiger partial charge is 0.349 e. The molecule has 1 fully saturated rings. The van der Waals surface area contributed by atoms with Crippen LogP contribution in [0.5, 0.6) is 0 Å². The summed E-state index contributed by atoms with van der Waals surface area (Å²) >= 11 is 0. The van der Waals surface area contributed by atoms with Crippen LogP contribution in [0.3, 0.4) is 0 Å². The van der Waals surface area contributed by atoms with E-state index in [0.29, 0.717) is 18.2 Å². The van der Waals surface area contributed by atoms with Crippen molar-refractivity contribution in [3.63, 3.8) is 0 Å². The number of hydrogen-bond acceptors (Lipinski definition) is 4. The number of pyridine rings is 1. The highest BCUT2D eigenvalue weighted by Crippen LogP contribution is 2.31. The van der Waals surface area contributed by atoms with Crippen LogP contribution in [0.4, 0.5) is 0 Å². The lowest BCUT2D eigenvalue weighted by Crippen LogP contribution is -2.38. The number of carbonyl (C=O) groups excluding carboxylic acids is 1. The molecule has 0 bridgehead atoms. The molecule has 3 rings (SSSR count). The summed E-state index contributed by atoms with van der Waals surface area (Å²) in [4.78, 5) is 16.1. The van der Waals surface area contributed by atoms with Crippen molar-refractivity contribution in [2.75, 3.05) is 6.54 Å². The fourth-order valence-corrected chi connectivity index (χ4v) is 2.10. The fraction of sp³-hybridized carbons (Fsp3) is 0.357. The van der Waals surface area contributed by atoms with Crippen molar-refractivity contribution < 1.29 is 4.79 Å². The number of carbonyl (C=O) groups is 1. The second-order valence-electron chi connectivity index (χ2n) is 5.06. The maximum Gasteiger partial charge on any atom is 0.270 e. The maximum absolute atomic E-state index is 12.1. The Morgan fingerprint density at radius 3 is 3.05 bits per heavy atom. The Bertz CT molecular complexity index is 591. The number of hydrogen-bond donors (Lipinski definition) is 2. The van der Waals surface area contributed by atoms with Crippen LogP contribution >= 0.6 is 0 Å². The third-order valence-electron chi connectivity index (χ3n) is 3.47. The summed E-state index contributed by atoms with van der Waals surface area (Å²) in [6.07, 6.45) is 7.45. The summed E-state index contributed by atoms with van der Waals surface area (Å²) in [5.41, 5.74) is 7.15. The van der Waals surface area contributed by atoms with Gasteiger partial charge in [-0.15, -0.1) is 0 Å². The Kier molecular flexibility index (Phi) is 3.47. The molecule has 6 nitrogen and oxygen atoms in total. The highest BCUT2D eigenvalue weighted by atomic mass is 16.1. The highest BCUT2D eigenvalue weighted by Gasteiger charge is 2.28. The summed E-state index contributed by atoms with van der Waals surface area (Å²) in [6.45, 7) is 0.497. The monoisotopic (exact) mass is 271 g/mol. The first-order valence-corrected chi connectivity index (χ1v) is 6.74. The number of amides is 1. The Hall–Kier alpha value is -2.21. The summed E-state index contributed by atoms with van der Waals surface area (Å²) in [7, 11) is 0. The minimum atomic E-state index is -0.199. The van der Waals surface area contributed by atoms with Crippen LogP contribution in [0.1, 0.15) is 23.3 Å². The van der Waals surface area contributed by atoms with Gasteiger partial charge in [0, 0.05) is 31.2 Å². The van der Waals surface area contributed by atoms with Crippen molar-refractivity contribution in [3.05, 3.63) is 42.5 Å². The first kappa shape index (κ1) is 12.8. The van der Waals surface area contributed by atoms with Crippen molar-refractivity contribution in [1.82, 2.24) is 20.1 Å². The summed E-state index contributed by atoms with van der Waals surface area (Å²) < 4.78 is 1.69. The minimum Gasteiger partial charge on any atom is -0.349 e. The highest BCUT2D eigenvalue weighted by molar-refractivity contribution is 5.92. The molecule has 1 atom stereocenters. The molecule has 0 aliphatic heterocycles. The second-order valence-corrected chi connectivity index (χ2v) is 5.06. The van der Waals surface area contributed by atoms with Gasteiger partial charge in [-0.1, -0.05) is 0 Å². The molecule has 2 aromatic rings. The number of nitrogens with one attached hydrogen (secondary N) is 1. The molecule has 1 saturated carbocycles. The van der Waals surface area contributed by atoms with E-state index in [-0.39, 0.29) is 11.9 Å². The number of aromatic nitrogens is 3. The van der Waals surface area contributed by atoms with E-state index in [9.17, 15) is 4.79 Å². The molecule has 1 amide bonds. The van der Waals surface area contributed by atoms with Crippen LogP contribution < -0.4 is 11.1 Å². The molecule has 2 heterocycles. The second kappa shape index (κ2) is 5.42. The van der Waals surface area contributed by atoms with Gasteiger partial charge in [0.2, 0.25) is 0 Å². The summed E-state index contributed by atoms with van der Waals surface area (Å²) in [5.74, 6) is 0.369. The van der Waals surface area contributed by atoms with Gasteiger partial charge >= 0.3 is 0 Å². The van der Waals surface area contributed by atoms with Gasteiger partial charge < -0.3 is 11.1 Å². The first-order chi connectivity index (χ1) is 9.74. The molecule has 6 heteroatoms. The van der Waals surface area contributed by atoms with Crippen LogP contribution in [-0.4, -0.2) is 33.3 Å². The van der Waals surface area contributed by atoms with Crippen LogP contribution in [-0.2, 0) is 0 Å². The molecule has 20 heavy (non-hydrogen) atoms. The van der Waals surface area contributed by atoms with Crippen LogP contribution in [0.25, 0.3) is 5.69 Å². The van der Waals surface area contributed by atoms with E-state index in [1.807, 2.05) is 12.3 Å². The van der Waals surface area contributed by atoms with Crippen molar-refractivity contribution in [1.29, 1.82) is 0 Å². The lowest BCUT2D eigenvalue weighted by Gasteiger charge is -2.11. The Balaban J connectivity index is 1.66. The maximum atomic E-state index is 12.1. The van der Waals surface area contributed by atoms with Gasteiger partial charge in [-0.25, -0.2) is 4.68 Å². The van der Waals surface area contributed by atoms with E-state index in [2.05, 4.69) is 15.4 Å². The van der Waals surface area contributed by atoms with E-state index < -0.39 is 0 Å². The van der Waals surface area contributed by atoms with Gasteiger partial charge in [-0.2, -0.15) is 5.10 Å². The van der Waals surface area contributed by atoms with Gasteiger partial charge in [-0.05, 0) is 37.0 Å². The van der Waals surface area contributed by atoms with Gasteiger partial charge in [-0.3, -0.25) is 9.78 Å². The zero-order valence-electron chi connectivity index (χ0n) is 11.1. The third-order valence-corrected chi connectivity index (χ3v) is 3.47. The molecule has 0 saturated heterocycles. The Morgan fingerprint density at radius 1 is 1.50 bits per heavy atom. The SMILES string of the molecule is NC(CNC(=O)c1cc(-n2cccn2)ccn1)C1CC1. The van der Waals surface area contributed by atoms with Crippen molar-refractivity contribution in [2.24, 2.45) is 11.7 Å². The standard InChI is InChI=1S/C14H17N5O/c15-12(10-2-3-10)9-17-14(20)13-8-11(4-6-16-13)19-7-1-5-18-19/h1,4-8,10,12H,2-3,9,15H2,(H,17,20). The molecule has 3 N–H and O–H groups in total. The lowest BCUT2D eigenvalue weighted by molar-refractivity contribution is 0.0945. The normalized spacial score (nSPS) is 15.8. The zero-order valence-corrected chi connectivity index (χ0v) is 11.1.